The normalized spacial score (nSPS) is 21.7. The molecule has 1 atom stereocenters. The molecule has 1 aliphatic carbocycles. The van der Waals surface area contributed by atoms with E-state index >= 15 is 0 Å². The van der Waals surface area contributed by atoms with Crippen LogP contribution >= 0.6 is 0 Å². The third-order valence-electron chi connectivity index (χ3n) is 5.60. The summed E-state index contributed by atoms with van der Waals surface area (Å²) in [7, 11) is 2.05. The average molecular weight is 350 g/mol. The lowest BCUT2D eigenvalue weighted by atomic mass is 9.98. The van der Waals surface area contributed by atoms with E-state index in [-0.39, 0.29) is 5.56 Å². The Morgan fingerprint density at radius 1 is 1.19 bits per heavy atom. The summed E-state index contributed by atoms with van der Waals surface area (Å²) >= 11 is 0. The van der Waals surface area contributed by atoms with Crippen LogP contribution in [0.4, 0.5) is 0 Å². The zero-order valence-electron chi connectivity index (χ0n) is 15.5. The maximum atomic E-state index is 13.1. The largest absolute Gasteiger partial charge is 0.352 e. The van der Waals surface area contributed by atoms with Gasteiger partial charge in [-0.05, 0) is 69.1 Å². The van der Waals surface area contributed by atoms with E-state index in [0.717, 1.165) is 43.5 Å². The number of nitrogens with zero attached hydrogens (tertiary/aromatic N) is 2. The van der Waals surface area contributed by atoms with Crippen LogP contribution in [0, 0.1) is 6.92 Å². The van der Waals surface area contributed by atoms with Gasteiger partial charge >= 0.3 is 0 Å². The first kappa shape index (κ1) is 16.9. The van der Waals surface area contributed by atoms with Crippen molar-refractivity contribution in [3.8, 4) is 0 Å². The maximum Gasteiger partial charge on any atom is 0.273 e. The molecule has 26 heavy (non-hydrogen) atoms. The highest BCUT2D eigenvalue weighted by molar-refractivity contribution is 5.27. The van der Waals surface area contributed by atoms with Gasteiger partial charge in [0.2, 0.25) is 5.79 Å². The van der Waals surface area contributed by atoms with Gasteiger partial charge in [0.15, 0.2) is 0 Å². The summed E-state index contributed by atoms with van der Waals surface area (Å²) in [5.41, 5.74) is 4.63. The Balaban J connectivity index is 1.76. The highest BCUT2D eigenvalue weighted by Crippen LogP contribution is 2.25. The van der Waals surface area contributed by atoms with Crippen LogP contribution in [-0.2, 0) is 25.2 Å². The molecule has 0 radical (unpaired) electrons. The summed E-state index contributed by atoms with van der Waals surface area (Å²) in [6, 6.07) is 8.38. The van der Waals surface area contributed by atoms with Crippen molar-refractivity contribution in [1.29, 1.82) is 0 Å². The standard InChI is InChI=1S/C21H26N4O/c1-16-9-3-4-10-17(16)15-24(2)21(13-7-8-14-22-21)25-20(26)18-11-5-6-12-19(18)23-25/h3-4,7-10,13-14,22-23H,5-6,11-12,15H2,1-2H3. The van der Waals surface area contributed by atoms with Crippen molar-refractivity contribution in [3.63, 3.8) is 0 Å². The van der Waals surface area contributed by atoms with Crippen molar-refractivity contribution < 1.29 is 0 Å². The van der Waals surface area contributed by atoms with E-state index < -0.39 is 5.79 Å². The molecule has 5 nitrogen and oxygen atoms in total. The number of allylic oxidation sites excluding steroid dienone is 2. The van der Waals surface area contributed by atoms with Crippen molar-refractivity contribution in [2.24, 2.45) is 0 Å². The van der Waals surface area contributed by atoms with E-state index in [0.29, 0.717) is 0 Å². The van der Waals surface area contributed by atoms with Crippen LogP contribution in [0.3, 0.4) is 0 Å². The van der Waals surface area contributed by atoms with Gasteiger partial charge in [0, 0.05) is 17.8 Å². The number of hydrogen-bond acceptors (Lipinski definition) is 3. The number of hydrogen-bond donors (Lipinski definition) is 2. The van der Waals surface area contributed by atoms with E-state index in [9.17, 15) is 4.79 Å². The number of rotatable bonds is 4. The molecule has 1 aromatic heterocycles. The second-order valence-corrected chi connectivity index (χ2v) is 7.29. The minimum Gasteiger partial charge on any atom is -0.352 e. The molecule has 0 amide bonds. The third kappa shape index (κ3) is 2.72. The molecule has 1 aliphatic heterocycles. The molecule has 4 rings (SSSR count). The van der Waals surface area contributed by atoms with Gasteiger partial charge in [0.1, 0.15) is 0 Å². The van der Waals surface area contributed by atoms with E-state index in [4.69, 9.17) is 0 Å². The minimum absolute atomic E-state index is 0.0868. The van der Waals surface area contributed by atoms with Crippen LogP contribution < -0.4 is 10.9 Å². The van der Waals surface area contributed by atoms with Crippen molar-refractivity contribution in [2.75, 3.05) is 7.05 Å². The van der Waals surface area contributed by atoms with E-state index in [1.54, 1.807) is 4.68 Å². The highest BCUT2D eigenvalue weighted by atomic mass is 16.1. The predicted octanol–water partition coefficient (Wildman–Crippen LogP) is 2.78. The lowest BCUT2D eigenvalue weighted by Crippen LogP contribution is -2.59. The number of dihydropyridines is 1. The molecule has 2 heterocycles. The van der Waals surface area contributed by atoms with Crippen LogP contribution in [0.1, 0.15) is 35.2 Å². The highest BCUT2D eigenvalue weighted by Gasteiger charge is 2.38. The average Bonchev–Trinajstić information content (AvgIpc) is 3.01. The Morgan fingerprint density at radius 2 is 2.00 bits per heavy atom. The molecule has 136 valence electrons. The topological polar surface area (TPSA) is 53.1 Å². The molecule has 0 fully saturated rings. The number of fused-ring (bicyclic) bond motifs is 1. The summed E-state index contributed by atoms with van der Waals surface area (Å²) in [5.74, 6) is -0.731. The zero-order chi connectivity index (χ0) is 18.1. The Labute approximate surface area is 154 Å². The molecule has 2 N–H and O–H groups in total. The van der Waals surface area contributed by atoms with Gasteiger partial charge < -0.3 is 5.32 Å². The van der Waals surface area contributed by atoms with Gasteiger partial charge in [0.25, 0.3) is 5.56 Å². The second-order valence-electron chi connectivity index (χ2n) is 7.29. The summed E-state index contributed by atoms with van der Waals surface area (Å²) in [4.78, 5) is 15.3. The van der Waals surface area contributed by atoms with Gasteiger partial charge in [-0.3, -0.25) is 14.8 Å². The number of H-pyrrole nitrogens is 1. The first-order valence-electron chi connectivity index (χ1n) is 9.33. The monoisotopic (exact) mass is 350 g/mol. The first-order chi connectivity index (χ1) is 12.6. The number of benzene rings is 1. The summed E-state index contributed by atoms with van der Waals surface area (Å²) in [5, 5.41) is 6.84. The number of aryl methyl sites for hydroxylation is 2. The first-order valence-corrected chi connectivity index (χ1v) is 9.33. The van der Waals surface area contributed by atoms with Crippen LogP contribution in [-0.4, -0.2) is 21.7 Å². The van der Waals surface area contributed by atoms with Gasteiger partial charge in [-0.25, -0.2) is 4.68 Å². The van der Waals surface area contributed by atoms with Crippen LogP contribution in [0.2, 0.25) is 0 Å². The summed E-state index contributed by atoms with van der Waals surface area (Å²) < 4.78 is 1.77. The molecule has 0 saturated heterocycles. The second kappa shape index (κ2) is 6.65. The van der Waals surface area contributed by atoms with Crippen LogP contribution in [0.15, 0.2) is 53.5 Å². The lowest BCUT2D eigenvalue weighted by Gasteiger charge is -2.41. The summed E-state index contributed by atoms with van der Waals surface area (Å²) in [6.45, 7) is 2.85. The van der Waals surface area contributed by atoms with Crippen molar-refractivity contribution in [2.45, 2.75) is 44.9 Å². The van der Waals surface area contributed by atoms with Crippen LogP contribution in [0.5, 0.6) is 0 Å². The van der Waals surface area contributed by atoms with E-state index in [2.05, 4.69) is 59.6 Å². The molecule has 2 aliphatic rings. The fourth-order valence-corrected chi connectivity index (χ4v) is 4.00. The Kier molecular flexibility index (Phi) is 4.32. The minimum atomic E-state index is -0.731. The van der Waals surface area contributed by atoms with Gasteiger partial charge in [0.05, 0.1) is 0 Å². The number of aromatic amines is 1. The Morgan fingerprint density at radius 3 is 2.73 bits per heavy atom. The molecule has 0 saturated carbocycles. The zero-order valence-corrected chi connectivity index (χ0v) is 15.5. The third-order valence-corrected chi connectivity index (χ3v) is 5.60. The molecule has 0 spiro atoms. The smallest absolute Gasteiger partial charge is 0.273 e. The SMILES string of the molecule is Cc1ccccc1CN(C)C1(n2[nH]c3c(c2=O)CCCC3)C=CC=CN1. The quantitative estimate of drug-likeness (QED) is 0.891. The predicted molar refractivity (Wildman–Crippen MR) is 104 cm³/mol. The van der Waals surface area contributed by atoms with Gasteiger partial charge in [-0.1, -0.05) is 30.3 Å². The van der Waals surface area contributed by atoms with Crippen molar-refractivity contribution in [1.82, 2.24) is 20.0 Å². The van der Waals surface area contributed by atoms with E-state index in [1.165, 1.54) is 11.1 Å². The van der Waals surface area contributed by atoms with Gasteiger partial charge in [-0.15, -0.1) is 0 Å². The number of nitrogens with one attached hydrogen (secondary N) is 2. The molecule has 0 bridgehead atoms. The number of likely N-dealkylation sites (N-methyl/N-ethyl adjacent to an activating group) is 1. The van der Waals surface area contributed by atoms with Crippen LogP contribution in [0.25, 0.3) is 0 Å². The molecule has 1 unspecified atom stereocenters. The maximum absolute atomic E-state index is 13.1. The van der Waals surface area contributed by atoms with Crippen molar-refractivity contribution >= 4 is 0 Å². The summed E-state index contributed by atoms with van der Waals surface area (Å²) in [6.07, 6.45) is 12.0. The molecule has 2 aromatic rings. The Hall–Kier alpha value is -2.53. The number of aromatic nitrogens is 2. The van der Waals surface area contributed by atoms with E-state index in [1.807, 2.05) is 18.4 Å². The molecule has 1 aromatic carbocycles. The molecular weight excluding hydrogens is 324 g/mol. The Bertz CT molecular complexity index is 920. The molecule has 5 heteroatoms. The van der Waals surface area contributed by atoms with Gasteiger partial charge in [-0.2, -0.15) is 0 Å². The molecular formula is C21H26N4O. The fourth-order valence-electron chi connectivity index (χ4n) is 4.00. The fraction of sp³-hybridized carbons (Fsp3) is 0.381. The van der Waals surface area contributed by atoms with Crippen molar-refractivity contribution in [3.05, 3.63) is 81.4 Å². The lowest BCUT2D eigenvalue weighted by molar-refractivity contribution is 0.0438.